The van der Waals surface area contributed by atoms with Gasteiger partial charge in [-0.25, -0.2) is 0 Å². The Morgan fingerprint density at radius 1 is 1.44 bits per heavy atom. The highest BCUT2D eigenvalue weighted by atomic mass is 79.9. The van der Waals surface area contributed by atoms with E-state index in [-0.39, 0.29) is 10.8 Å². The topological polar surface area (TPSA) is 29.5 Å². The van der Waals surface area contributed by atoms with Crippen molar-refractivity contribution in [3.8, 4) is 0 Å². The van der Waals surface area contributed by atoms with E-state index in [1.807, 2.05) is 30.3 Å². The molecule has 0 fully saturated rings. The second-order valence-corrected chi connectivity index (χ2v) is 4.47. The van der Waals surface area contributed by atoms with E-state index in [0.29, 0.717) is 6.54 Å². The second-order valence-electron chi connectivity index (χ2n) is 3.36. The second kappa shape index (κ2) is 6.53. The summed E-state index contributed by atoms with van der Waals surface area (Å²) in [6.45, 7) is 3.51. The Kier molecular flexibility index (Phi) is 5.32. The molecule has 0 saturated heterocycles. The predicted molar refractivity (Wildman–Crippen MR) is 69.1 cm³/mol. The van der Waals surface area contributed by atoms with E-state index >= 15 is 0 Å². The molecule has 1 atom stereocenters. The lowest BCUT2D eigenvalue weighted by Crippen LogP contribution is -2.34. The van der Waals surface area contributed by atoms with Gasteiger partial charge in [-0.15, -0.1) is 0 Å². The molecule has 0 aromatic heterocycles. The third-order valence-electron chi connectivity index (χ3n) is 2.34. The summed E-state index contributed by atoms with van der Waals surface area (Å²) in [5.74, 6) is -0.241. The van der Waals surface area contributed by atoms with Crippen LogP contribution in [0.5, 0.6) is 0 Å². The van der Waals surface area contributed by atoms with Crippen molar-refractivity contribution >= 4 is 27.6 Å². The number of esters is 1. The molecule has 0 N–H and O–H groups in total. The Morgan fingerprint density at radius 3 is 2.56 bits per heavy atom. The molecule has 0 bridgehead atoms. The van der Waals surface area contributed by atoms with E-state index in [9.17, 15) is 4.79 Å². The number of nitrogens with zero attached hydrogens (tertiary/aromatic N) is 1. The molecule has 0 aliphatic carbocycles. The number of para-hydroxylation sites is 1. The summed E-state index contributed by atoms with van der Waals surface area (Å²) in [6.07, 6.45) is 0. The fourth-order valence-corrected chi connectivity index (χ4v) is 1.99. The van der Waals surface area contributed by atoms with Gasteiger partial charge in [0.05, 0.1) is 7.11 Å². The van der Waals surface area contributed by atoms with Crippen molar-refractivity contribution in [2.75, 3.05) is 25.1 Å². The quantitative estimate of drug-likeness (QED) is 0.615. The Morgan fingerprint density at radius 2 is 2.06 bits per heavy atom. The fourth-order valence-electron chi connectivity index (χ4n) is 1.45. The number of alkyl halides is 1. The van der Waals surface area contributed by atoms with E-state index in [2.05, 4.69) is 32.5 Å². The van der Waals surface area contributed by atoms with Crippen molar-refractivity contribution in [1.82, 2.24) is 0 Å². The highest BCUT2D eigenvalue weighted by Crippen LogP contribution is 2.15. The van der Waals surface area contributed by atoms with E-state index in [4.69, 9.17) is 0 Å². The molecule has 88 valence electrons. The summed E-state index contributed by atoms with van der Waals surface area (Å²) in [4.78, 5) is 13.1. The number of hydrogen-bond donors (Lipinski definition) is 0. The number of anilines is 1. The lowest BCUT2D eigenvalue weighted by Gasteiger charge is -2.24. The third kappa shape index (κ3) is 3.52. The van der Waals surface area contributed by atoms with Gasteiger partial charge in [-0.1, -0.05) is 34.1 Å². The number of carbonyl (C=O) groups excluding carboxylic acids is 1. The summed E-state index contributed by atoms with van der Waals surface area (Å²) in [6, 6.07) is 10.0. The maximum absolute atomic E-state index is 11.3. The minimum atomic E-state index is -0.294. The van der Waals surface area contributed by atoms with Crippen LogP contribution in [0.2, 0.25) is 0 Å². The summed E-state index contributed by atoms with van der Waals surface area (Å²) in [5.41, 5.74) is 1.11. The standard InChI is InChI=1S/C12H16BrNO2/c1-3-14(9-11(13)12(15)16-2)10-7-5-4-6-8-10/h4-8,11H,3,9H2,1-2H3. The van der Waals surface area contributed by atoms with Gasteiger partial charge in [-0.05, 0) is 19.1 Å². The highest BCUT2D eigenvalue weighted by Gasteiger charge is 2.18. The van der Waals surface area contributed by atoms with E-state index in [1.54, 1.807) is 0 Å². The first-order valence-electron chi connectivity index (χ1n) is 5.21. The van der Waals surface area contributed by atoms with Crippen molar-refractivity contribution in [3.63, 3.8) is 0 Å². The average molecular weight is 286 g/mol. The molecule has 16 heavy (non-hydrogen) atoms. The number of halogens is 1. The maximum Gasteiger partial charge on any atom is 0.321 e. The van der Waals surface area contributed by atoms with Crippen LogP contribution in [-0.2, 0) is 9.53 Å². The molecule has 0 aliphatic rings. The monoisotopic (exact) mass is 285 g/mol. The van der Waals surface area contributed by atoms with Crippen molar-refractivity contribution < 1.29 is 9.53 Å². The largest absolute Gasteiger partial charge is 0.468 e. The van der Waals surface area contributed by atoms with Crippen LogP contribution in [0.25, 0.3) is 0 Å². The molecule has 0 amide bonds. The molecule has 3 nitrogen and oxygen atoms in total. The first kappa shape index (κ1) is 13.0. The molecule has 1 rings (SSSR count). The van der Waals surface area contributed by atoms with Gasteiger partial charge in [0.15, 0.2) is 0 Å². The Labute approximate surface area is 105 Å². The summed E-state index contributed by atoms with van der Waals surface area (Å²) in [5, 5.41) is 0. The van der Waals surface area contributed by atoms with Gasteiger partial charge in [0, 0.05) is 18.8 Å². The van der Waals surface area contributed by atoms with Crippen molar-refractivity contribution in [2.24, 2.45) is 0 Å². The first-order valence-corrected chi connectivity index (χ1v) is 6.12. The number of rotatable bonds is 5. The summed E-state index contributed by atoms with van der Waals surface area (Å²) in [7, 11) is 1.40. The Bertz CT molecular complexity index is 329. The normalized spacial score (nSPS) is 11.9. The predicted octanol–water partition coefficient (Wildman–Crippen LogP) is 2.45. The van der Waals surface area contributed by atoms with Crippen LogP contribution in [0.4, 0.5) is 5.69 Å². The molecule has 4 heteroatoms. The number of methoxy groups -OCH3 is 1. The van der Waals surface area contributed by atoms with E-state index in [1.165, 1.54) is 7.11 Å². The highest BCUT2D eigenvalue weighted by molar-refractivity contribution is 9.10. The van der Waals surface area contributed by atoms with Crippen LogP contribution in [0, 0.1) is 0 Å². The minimum Gasteiger partial charge on any atom is -0.468 e. The number of hydrogen-bond acceptors (Lipinski definition) is 3. The smallest absolute Gasteiger partial charge is 0.321 e. The van der Waals surface area contributed by atoms with Gasteiger partial charge in [0.25, 0.3) is 0 Å². The van der Waals surface area contributed by atoms with Crippen LogP contribution in [0.3, 0.4) is 0 Å². The first-order chi connectivity index (χ1) is 7.69. The zero-order chi connectivity index (χ0) is 12.0. The lowest BCUT2D eigenvalue weighted by atomic mass is 10.2. The van der Waals surface area contributed by atoms with Gasteiger partial charge < -0.3 is 9.64 Å². The molecule has 1 aromatic carbocycles. The Balaban J connectivity index is 2.66. The zero-order valence-electron chi connectivity index (χ0n) is 9.52. The fraction of sp³-hybridized carbons (Fsp3) is 0.417. The number of carbonyl (C=O) groups is 1. The van der Waals surface area contributed by atoms with Crippen LogP contribution in [0.15, 0.2) is 30.3 Å². The van der Waals surface area contributed by atoms with Gasteiger partial charge in [0.1, 0.15) is 4.83 Å². The maximum atomic E-state index is 11.3. The molecule has 0 spiro atoms. The molecule has 1 aromatic rings. The molecular formula is C12H16BrNO2. The number of ether oxygens (including phenoxy) is 1. The van der Waals surface area contributed by atoms with Crippen LogP contribution >= 0.6 is 15.9 Å². The van der Waals surface area contributed by atoms with Crippen LogP contribution in [0.1, 0.15) is 6.92 Å². The molecule has 0 aliphatic heterocycles. The molecule has 0 saturated carbocycles. The van der Waals surface area contributed by atoms with Crippen molar-refractivity contribution in [2.45, 2.75) is 11.8 Å². The molecule has 0 radical (unpaired) electrons. The molecule has 0 heterocycles. The third-order valence-corrected chi connectivity index (χ3v) is 3.00. The van der Waals surface area contributed by atoms with Gasteiger partial charge >= 0.3 is 5.97 Å². The van der Waals surface area contributed by atoms with Crippen LogP contribution < -0.4 is 4.90 Å². The summed E-state index contributed by atoms with van der Waals surface area (Å²) < 4.78 is 4.68. The Hall–Kier alpha value is -1.03. The molecule has 1 unspecified atom stereocenters. The van der Waals surface area contributed by atoms with Crippen molar-refractivity contribution in [1.29, 1.82) is 0 Å². The van der Waals surface area contributed by atoms with Gasteiger partial charge in [0.2, 0.25) is 0 Å². The average Bonchev–Trinajstić information content (AvgIpc) is 2.35. The SMILES string of the molecule is CCN(CC(Br)C(=O)OC)c1ccccc1. The van der Waals surface area contributed by atoms with Gasteiger partial charge in [-0.3, -0.25) is 4.79 Å². The van der Waals surface area contributed by atoms with Crippen molar-refractivity contribution in [3.05, 3.63) is 30.3 Å². The van der Waals surface area contributed by atoms with E-state index in [0.717, 1.165) is 12.2 Å². The number of benzene rings is 1. The summed E-state index contributed by atoms with van der Waals surface area (Å²) >= 11 is 3.33. The van der Waals surface area contributed by atoms with E-state index < -0.39 is 0 Å². The zero-order valence-corrected chi connectivity index (χ0v) is 11.1. The van der Waals surface area contributed by atoms with Gasteiger partial charge in [-0.2, -0.15) is 0 Å². The van der Waals surface area contributed by atoms with Crippen LogP contribution in [-0.4, -0.2) is 31.0 Å². The molecular weight excluding hydrogens is 270 g/mol. The lowest BCUT2D eigenvalue weighted by molar-refractivity contribution is -0.139. The minimum absolute atomic E-state index is 0.241.